The van der Waals surface area contributed by atoms with Crippen molar-refractivity contribution in [3.63, 3.8) is 0 Å². The number of aliphatic hydroxyl groups is 2. The third-order valence-electron chi connectivity index (χ3n) is 3.36. The van der Waals surface area contributed by atoms with Gasteiger partial charge in [-0.1, -0.05) is 6.08 Å². The predicted octanol–water partition coefficient (Wildman–Crippen LogP) is -3.77. The van der Waals surface area contributed by atoms with Crippen LogP contribution in [0.25, 0.3) is 0 Å². The number of ether oxygens (including phenoxy) is 2. The third kappa shape index (κ3) is 19.7. The number of aromatic nitrogens is 2. The number of aryl methyl sites for hydroxylation is 1. The molecule has 0 saturated carbocycles. The molecule has 23 heteroatoms. The van der Waals surface area contributed by atoms with E-state index < -0.39 is 59.4 Å². The van der Waals surface area contributed by atoms with Crippen LogP contribution in [0.4, 0.5) is 0 Å². The maximum Gasteiger partial charge on any atom is 0.466 e. The van der Waals surface area contributed by atoms with Crippen LogP contribution >= 0.6 is 23.5 Å². The van der Waals surface area contributed by atoms with Gasteiger partial charge in [-0.2, -0.15) is 0 Å². The van der Waals surface area contributed by atoms with Gasteiger partial charge in [0.1, 0.15) is 12.3 Å². The zero-order valence-electron chi connectivity index (χ0n) is 18.2. The van der Waals surface area contributed by atoms with E-state index in [4.69, 9.17) is 67.2 Å². The van der Waals surface area contributed by atoms with E-state index in [0.29, 0.717) is 5.56 Å². The molecule has 0 aliphatic carbocycles. The van der Waals surface area contributed by atoms with Crippen molar-refractivity contribution in [1.82, 2.24) is 9.55 Å². The van der Waals surface area contributed by atoms with Crippen molar-refractivity contribution >= 4 is 23.5 Å². The first-order valence-electron chi connectivity index (χ1n) is 8.81. The lowest BCUT2D eigenvalue weighted by molar-refractivity contribution is -0.230. The number of rotatable bonds is 5. The van der Waals surface area contributed by atoms with E-state index in [1.54, 1.807) is 6.92 Å². The van der Waals surface area contributed by atoms with Crippen LogP contribution in [-0.2, 0) is 23.2 Å². The fourth-order valence-corrected chi connectivity index (χ4v) is 2.23. The van der Waals surface area contributed by atoms with Crippen molar-refractivity contribution in [2.24, 2.45) is 0 Å². The van der Waals surface area contributed by atoms with Crippen molar-refractivity contribution in [1.29, 1.82) is 0 Å². The minimum absolute atomic E-state index is 0.0581. The van der Waals surface area contributed by atoms with E-state index >= 15 is 0 Å². The first-order chi connectivity index (χ1) is 15.9. The number of aliphatic hydroxyl groups excluding tert-OH is 1. The Morgan fingerprint density at radius 1 is 1.08 bits per heavy atom. The van der Waals surface area contributed by atoms with Crippen molar-refractivity contribution in [2.45, 2.75) is 31.5 Å². The standard InChI is InChI=1S/C13H18N2O6.3H3O4P/c1-3-4-20-13(19)5-10(21-9(13)7-16)15-6-8(2)11(17)14-12(15)18;3*1-5(2,3)4/h3,6,9-10,16,19H,1,4-5,7H2,2H3,(H,14,17,18);3*(H3,1,2,3,4)/t9-,10-,13-;;;/m1.../s1. The zero-order chi connectivity index (χ0) is 29.1. The largest absolute Gasteiger partial charge is 0.466 e. The van der Waals surface area contributed by atoms with Gasteiger partial charge in [-0.15, -0.1) is 6.58 Å². The maximum absolute atomic E-state index is 11.8. The molecular weight excluding hydrogens is 565 g/mol. The van der Waals surface area contributed by atoms with Crippen LogP contribution in [0.15, 0.2) is 28.4 Å². The number of H-pyrrole nitrogens is 1. The number of aromatic amines is 1. The van der Waals surface area contributed by atoms with Crippen molar-refractivity contribution in [3.05, 3.63) is 45.3 Å². The Bertz CT molecular complexity index is 1010. The molecule has 36 heavy (non-hydrogen) atoms. The molecule has 0 unspecified atom stereocenters. The lowest BCUT2D eigenvalue weighted by atomic mass is 10.1. The normalized spacial score (nSPS) is 21.7. The Hall–Kier alpha value is -1.41. The van der Waals surface area contributed by atoms with Crippen LogP contribution in [0.2, 0.25) is 0 Å². The SMILES string of the molecule is C=CCO[C@]1(O)C[C@H](n2cc(C)c(=O)[nH]c2=O)O[C@@H]1CO.O=P(O)(O)O.O=P(O)(O)O.O=P(O)(O)O. The van der Waals surface area contributed by atoms with E-state index in [-0.39, 0.29) is 13.0 Å². The first-order valence-corrected chi connectivity index (χ1v) is 13.5. The summed E-state index contributed by atoms with van der Waals surface area (Å²) < 4.78 is 38.5. The molecule has 1 fully saturated rings. The Morgan fingerprint density at radius 3 is 1.86 bits per heavy atom. The van der Waals surface area contributed by atoms with Crippen molar-refractivity contribution in [3.8, 4) is 0 Å². The number of phosphoric acid groups is 3. The quantitative estimate of drug-likeness (QED) is 0.0886. The number of nitrogens with one attached hydrogen (secondary N) is 1. The molecule has 0 radical (unpaired) electrons. The summed E-state index contributed by atoms with van der Waals surface area (Å²) >= 11 is 0. The second-order valence-corrected chi connectivity index (χ2v) is 9.51. The monoisotopic (exact) mass is 592 g/mol. The van der Waals surface area contributed by atoms with Gasteiger partial charge in [0, 0.05) is 18.2 Å². The summed E-state index contributed by atoms with van der Waals surface area (Å²) in [6, 6.07) is 0. The van der Waals surface area contributed by atoms with Crippen LogP contribution in [0, 0.1) is 6.92 Å². The molecule has 0 amide bonds. The highest BCUT2D eigenvalue weighted by atomic mass is 31.2. The number of hydrogen-bond acceptors (Lipinski definition) is 9. The molecule has 212 valence electrons. The van der Waals surface area contributed by atoms with Gasteiger partial charge in [-0.3, -0.25) is 14.3 Å². The van der Waals surface area contributed by atoms with Gasteiger partial charge in [0.15, 0.2) is 5.79 Å². The van der Waals surface area contributed by atoms with Crippen LogP contribution in [0.5, 0.6) is 0 Å². The van der Waals surface area contributed by atoms with Gasteiger partial charge in [0.05, 0.1) is 13.2 Å². The lowest BCUT2D eigenvalue weighted by Gasteiger charge is -2.26. The zero-order valence-corrected chi connectivity index (χ0v) is 20.9. The molecule has 0 aromatic carbocycles. The van der Waals surface area contributed by atoms with E-state index in [9.17, 15) is 19.8 Å². The van der Waals surface area contributed by atoms with E-state index in [1.807, 2.05) is 0 Å². The van der Waals surface area contributed by atoms with Gasteiger partial charge in [-0.25, -0.2) is 18.5 Å². The predicted molar refractivity (Wildman–Crippen MR) is 116 cm³/mol. The van der Waals surface area contributed by atoms with Crippen LogP contribution in [0.3, 0.4) is 0 Å². The molecular formula is C13H27N2O18P3. The molecule has 0 spiro atoms. The van der Waals surface area contributed by atoms with Gasteiger partial charge in [0.25, 0.3) is 5.56 Å². The van der Waals surface area contributed by atoms with Crippen LogP contribution in [-0.4, -0.2) is 88.9 Å². The summed E-state index contributed by atoms with van der Waals surface area (Å²) in [4.78, 5) is 90.0. The molecule has 20 nitrogen and oxygen atoms in total. The smallest absolute Gasteiger partial charge is 0.393 e. The fourth-order valence-electron chi connectivity index (χ4n) is 2.23. The Labute approximate surface area is 201 Å². The van der Waals surface area contributed by atoms with Gasteiger partial charge in [0.2, 0.25) is 0 Å². The number of hydrogen-bond donors (Lipinski definition) is 12. The molecule has 2 rings (SSSR count). The molecule has 1 aliphatic heterocycles. The summed E-state index contributed by atoms with van der Waals surface area (Å²) in [5.41, 5.74) is -0.799. The van der Waals surface area contributed by atoms with Crippen molar-refractivity contribution in [2.75, 3.05) is 13.2 Å². The Balaban J connectivity index is 0. The fraction of sp³-hybridized carbons (Fsp3) is 0.538. The third-order valence-corrected chi connectivity index (χ3v) is 3.36. The van der Waals surface area contributed by atoms with E-state index in [1.165, 1.54) is 12.3 Å². The molecule has 1 aromatic heterocycles. The van der Waals surface area contributed by atoms with Crippen LogP contribution in [0.1, 0.15) is 18.2 Å². The highest BCUT2D eigenvalue weighted by Crippen LogP contribution is 2.36. The lowest BCUT2D eigenvalue weighted by Crippen LogP contribution is -2.43. The average molecular weight is 592 g/mol. The highest BCUT2D eigenvalue weighted by molar-refractivity contribution is 7.45. The molecule has 12 N–H and O–H groups in total. The van der Waals surface area contributed by atoms with E-state index in [0.717, 1.165) is 4.57 Å². The molecule has 1 aromatic rings. The Kier molecular flexibility index (Phi) is 15.4. The van der Waals surface area contributed by atoms with E-state index in [2.05, 4.69) is 11.6 Å². The second kappa shape index (κ2) is 15.1. The van der Waals surface area contributed by atoms with Crippen molar-refractivity contribution < 1.29 is 77.4 Å². The summed E-state index contributed by atoms with van der Waals surface area (Å²) in [5.74, 6) is -1.73. The minimum atomic E-state index is -4.64. The molecule has 2 heterocycles. The van der Waals surface area contributed by atoms with Crippen LogP contribution < -0.4 is 11.2 Å². The average Bonchev–Trinajstić information content (AvgIpc) is 2.95. The topological polar surface area (TPSA) is 347 Å². The summed E-state index contributed by atoms with van der Waals surface area (Å²) in [6.07, 6.45) is 0.897. The summed E-state index contributed by atoms with van der Waals surface area (Å²) in [7, 11) is -13.9. The molecule has 1 aliphatic rings. The minimum Gasteiger partial charge on any atom is -0.393 e. The Morgan fingerprint density at radius 2 is 1.50 bits per heavy atom. The van der Waals surface area contributed by atoms with Gasteiger partial charge >= 0.3 is 29.2 Å². The maximum atomic E-state index is 11.8. The summed E-state index contributed by atoms with van der Waals surface area (Å²) in [5, 5.41) is 19.7. The first kappa shape index (κ1) is 36.7. The van der Waals surface area contributed by atoms with Gasteiger partial charge < -0.3 is 63.7 Å². The highest BCUT2D eigenvalue weighted by Gasteiger charge is 2.49. The number of nitrogens with zero attached hydrogens (tertiary/aromatic N) is 1. The van der Waals surface area contributed by atoms with Gasteiger partial charge in [-0.05, 0) is 6.92 Å². The molecule has 3 atom stereocenters. The summed E-state index contributed by atoms with van der Waals surface area (Å²) in [6.45, 7) is 4.63. The molecule has 1 saturated heterocycles. The second-order valence-electron chi connectivity index (χ2n) is 6.43. The molecule has 0 bridgehead atoms.